The van der Waals surface area contributed by atoms with Crippen LogP contribution in [0.5, 0.6) is 0 Å². The highest BCUT2D eigenvalue weighted by atomic mass is 35.5. The number of halogens is 2. The van der Waals surface area contributed by atoms with E-state index in [1.165, 1.54) is 19.2 Å². The molecule has 0 aromatic heterocycles. The lowest BCUT2D eigenvalue weighted by atomic mass is 9.97. The summed E-state index contributed by atoms with van der Waals surface area (Å²) in [6.45, 7) is 1.12. The van der Waals surface area contributed by atoms with Gasteiger partial charge < -0.3 is 9.64 Å². The second kappa shape index (κ2) is 6.49. The second-order valence-corrected chi connectivity index (χ2v) is 5.64. The van der Waals surface area contributed by atoms with Gasteiger partial charge in [-0.2, -0.15) is 0 Å². The van der Waals surface area contributed by atoms with Crippen molar-refractivity contribution in [3.63, 3.8) is 0 Å². The zero-order valence-electron chi connectivity index (χ0n) is 11.3. The normalized spacial score (nSPS) is 18.4. The van der Waals surface area contributed by atoms with E-state index in [0.29, 0.717) is 18.8 Å². The molecule has 1 aromatic rings. The number of rotatable bonds is 3. The van der Waals surface area contributed by atoms with E-state index >= 15 is 0 Å². The molecule has 1 saturated heterocycles. The number of nitrogens with zero attached hydrogens (tertiary/aromatic N) is 2. The van der Waals surface area contributed by atoms with Crippen LogP contribution in [0, 0.1) is 16.0 Å². The zero-order valence-corrected chi connectivity index (χ0v) is 12.9. The second-order valence-electron chi connectivity index (χ2n) is 4.82. The highest BCUT2D eigenvalue weighted by Gasteiger charge is 2.29. The van der Waals surface area contributed by atoms with Crippen molar-refractivity contribution in [1.29, 1.82) is 0 Å². The highest BCUT2D eigenvalue weighted by Crippen LogP contribution is 2.39. The summed E-state index contributed by atoms with van der Waals surface area (Å²) in [5.74, 6) is -0.514. The Balaban J connectivity index is 2.29. The average molecular weight is 333 g/mol. The summed E-state index contributed by atoms with van der Waals surface area (Å²) in [5, 5.41) is 11.2. The fraction of sp³-hybridized carbons (Fsp3) is 0.462. The van der Waals surface area contributed by atoms with E-state index in [-0.39, 0.29) is 27.6 Å². The van der Waals surface area contributed by atoms with Crippen LogP contribution in [0.2, 0.25) is 10.0 Å². The first-order chi connectivity index (χ1) is 9.93. The molecule has 1 aliphatic rings. The summed E-state index contributed by atoms with van der Waals surface area (Å²) in [7, 11) is 1.35. The van der Waals surface area contributed by atoms with Crippen molar-refractivity contribution >= 4 is 40.5 Å². The molecule has 0 N–H and O–H groups in total. The van der Waals surface area contributed by atoms with Crippen LogP contribution in [0.25, 0.3) is 0 Å². The number of hydrogen-bond acceptors (Lipinski definition) is 5. The minimum Gasteiger partial charge on any atom is -0.469 e. The first-order valence-electron chi connectivity index (χ1n) is 6.40. The first kappa shape index (κ1) is 15.9. The lowest BCUT2D eigenvalue weighted by molar-refractivity contribution is -0.384. The highest BCUT2D eigenvalue weighted by molar-refractivity contribution is 6.39. The van der Waals surface area contributed by atoms with E-state index in [2.05, 4.69) is 0 Å². The predicted molar refractivity (Wildman–Crippen MR) is 80.1 cm³/mol. The number of esters is 1. The third-order valence-electron chi connectivity index (χ3n) is 3.48. The molecular formula is C13H14Cl2N2O4. The molecule has 1 fully saturated rings. The standard InChI is InChI=1S/C13H14Cl2N2O4/c1-21-13(18)8-3-2-4-16(7-8)12-10(14)5-9(17(19)20)6-11(12)15/h5-6,8H,2-4,7H2,1H3/t8-/m0/s1. The summed E-state index contributed by atoms with van der Waals surface area (Å²) < 4.78 is 4.76. The minimum absolute atomic E-state index is 0.157. The molecule has 8 heteroatoms. The van der Waals surface area contributed by atoms with Gasteiger partial charge in [0.05, 0.1) is 33.7 Å². The number of methoxy groups -OCH3 is 1. The van der Waals surface area contributed by atoms with Crippen molar-refractivity contribution in [3.8, 4) is 0 Å². The van der Waals surface area contributed by atoms with Gasteiger partial charge in [-0.1, -0.05) is 23.2 Å². The number of carbonyl (C=O) groups is 1. The van der Waals surface area contributed by atoms with Crippen molar-refractivity contribution in [3.05, 3.63) is 32.3 Å². The van der Waals surface area contributed by atoms with Gasteiger partial charge in [0.2, 0.25) is 0 Å². The molecule has 1 atom stereocenters. The van der Waals surface area contributed by atoms with Crippen molar-refractivity contribution < 1.29 is 14.5 Å². The zero-order chi connectivity index (χ0) is 15.6. The van der Waals surface area contributed by atoms with E-state index < -0.39 is 4.92 Å². The molecule has 0 aliphatic carbocycles. The third kappa shape index (κ3) is 3.39. The quantitative estimate of drug-likeness (QED) is 0.482. The first-order valence-corrected chi connectivity index (χ1v) is 7.16. The van der Waals surface area contributed by atoms with Crippen LogP contribution < -0.4 is 4.90 Å². The molecule has 0 bridgehead atoms. The molecule has 0 saturated carbocycles. The van der Waals surface area contributed by atoms with E-state index in [4.69, 9.17) is 27.9 Å². The Hall–Kier alpha value is -1.53. The molecule has 21 heavy (non-hydrogen) atoms. The Morgan fingerprint density at radius 2 is 2.05 bits per heavy atom. The van der Waals surface area contributed by atoms with Crippen molar-refractivity contribution in [2.24, 2.45) is 5.92 Å². The molecule has 1 aliphatic heterocycles. The third-order valence-corrected chi connectivity index (χ3v) is 4.06. The van der Waals surface area contributed by atoms with Gasteiger partial charge in [-0.25, -0.2) is 0 Å². The molecule has 2 rings (SSSR count). The van der Waals surface area contributed by atoms with Crippen LogP contribution in [0.15, 0.2) is 12.1 Å². The molecule has 0 amide bonds. The van der Waals surface area contributed by atoms with E-state index in [9.17, 15) is 14.9 Å². The summed E-state index contributed by atoms with van der Waals surface area (Å²) in [6, 6.07) is 2.54. The molecule has 0 unspecified atom stereocenters. The Labute approximate surface area is 131 Å². The van der Waals surface area contributed by atoms with Crippen LogP contribution >= 0.6 is 23.2 Å². The van der Waals surface area contributed by atoms with Gasteiger partial charge in [-0.05, 0) is 12.8 Å². The van der Waals surface area contributed by atoms with Crippen LogP contribution in [0.3, 0.4) is 0 Å². The number of benzene rings is 1. The largest absolute Gasteiger partial charge is 0.469 e. The summed E-state index contributed by atoms with van der Waals surface area (Å²) in [6.07, 6.45) is 1.54. The van der Waals surface area contributed by atoms with Crippen LogP contribution in [-0.4, -0.2) is 31.1 Å². The molecule has 1 heterocycles. The molecule has 1 aromatic carbocycles. The number of anilines is 1. The van der Waals surface area contributed by atoms with Gasteiger partial charge in [0.15, 0.2) is 0 Å². The Morgan fingerprint density at radius 3 is 2.57 bits per heavy atom. The summed E-state index contributed by atoms with van der Waals surface area (Å²) in [4.78, 5) is 23.8. The number of nitro benzene ring substituents is 1. The maximum atomic E-state index is 11.7. The van der Waals surface area contributed by atoms with E-state index in [1.807, 2.05) is 4.90 Å². The van der Waals surface area contributed by atoms with Gasteiger partial charge >= 0.3 is 5.97 Å². The molecule has 0 radical (unpaired) electrons. The molecular weight excluding hydrogens is 319 g/mol. The number of non-ortho nitro benzene ring substituents is 1. The minimum atomic E-state index is -0.547. The smallest absolute Gasteiger partial charge is 0.310 e. The average Bonchev–Trinajstić information content (AvgIpc) is 2.45. The Kier molecular flexibility index (Phi) is 4.90. The van der Waals surface area contributed by atoms with E-state index in [1.54, 1.807) is 0 Å². The molecule has 114 valence electrons. The fourth-order valence-corrected chi connectivity index (χ4v) is 3.21. The number of nitro groups is 1. The number of hydrogen-bond donors (Lipinski definition) is 0. The maximum Gasteiger partial charge on any atom is 0.310 e. The van der Waals surface area contributed by atoms with Crippen LogP contribution in [0.1, 0.15) is 12.8 Å². The van der Waals surface area contributed by atoms with Gasteiger partial charge in [0.25, 0.3) is 5.69 Å². The monoisotopic (exact) mass is 332 g/mol. The topological polar surface area (TPSA) is 72.7 Å². The SMILES string of the molecule is COC(=O)[C@H]1CCCN(c2c(Cl)cc([N+](=O)[O-])cc2Cl)C1. The van der Waals surface area contributed by atoms with Crippen molar-refractivity contribution in [2.45, 2.75) is 12.8 Å². The van der Waals surface area contributed by atoms with Gasteiger partial charge in [-0.15, -0.1) is 0 Å². The summed E-state index contributed by atoms with van der Waals surface area (Å²) >= 11 is 12.3. The lowest BCUT2D eigenvalue weighted by Crippen LogP contribution is -2.39. The number of piperidine rings is 1. The summed E-state index contributed by atoms with van der Waals surface area (Å²) in [5.41, 5.74) is 0.368. The van der Waals surface area contributed by atoms with Crippen LogP contribution in [-0.2, 0) is 9.53 Å². The molecule has 6 nitrogen and oxygen atoms in total. The predicted octanol–water partition coefficient (Wildman–Crippen LogP) is 3.29. The van der Waals surface area contributed by atoms with Gasteiger partial charge in [-0.3, -0.25) is 14.9 Å². The lowest BCUT2D eigenvalue weighted by Gasteiger charge is -2.34. The van der Waals surface area contributed by atoms with Crippen LogP contribution in [0.4, 0.5) is 11.4 Å². The Bertz CT molecular complexity index is 556. The van der Waals surface area contributed by atoms with Crippen molar-refractivity contribution in [1.82, 2.24) is 0 Å². The van der Waals surface area contributed by atoms with Gasteiger partial charge in [0.1, 0.15) is 0 Å². The fourth-order valence-electron chi connectivity index (χ4n) is 2.50. The van der Waals surface area contributed by atoms with Gasteiger partial charge in [0, 0.05) is 25.2 Å². The Morgan fingerprint density at radius 1 is 1.43 bits per heavy atom. The van der Waals surface area contributed by atoms with E-state index in [0.717, 1.165) is 12.8 Å². The number of ether oxygens (including phenoxy) is 1. The van der Waals surface area contributed by atoms with Crippen molar-refractivity contribution in [2.75, 3.05) is 25.1 Å². The molecule has 0 spiro atoms. The maximum absolute atomic E-state index is 11.7. The number of carbonyl (C=O) groups excluding carboxylic acids is 1.